The molecule has 0 aliphatic heterocycles. The highest BCUT2D eigenvalue weighted by atomic mass is 35.5. The van der Waals surface area contributed by atoms with E-state index in [9.17, 15) is 0 Å². The van der Waals surface area contributed by atoms with Crippen LogP contribution in [0, 0.1) is 0 Å². The van der Waals surface area contributed by atoms with Gasteiger partial charge in [0.25, 0.3) is 0 Å². The molecular formula is C17H19ClN2O2S. The van der Waals surface area contributed by atoms with Crippen LogP contribution >= 0.6 is 23.8 Å². The lowest BCUT2D eigenvalue weighted by Gasteiger charge is -2.18. The van der Waals surface area contributed by atoms with Gasteiger partial charge in [-0.15, -0.1) is 0 Å². The number of hydrogen-bond acceptors (Lipinski definition) is 3. The smallest absolute Gasteiger partial charge is 0.171 e. The first-order chi connectivity index (χ1) is 11.1. The van der Waals surface area contributed by atoms with Crippen LogP contribution in [0.25, 0.3) is 0 Å². The molecule has 122 valence electrons. The highest BCUT2D eigenvalue weighted by Crippen LogP contribution is 2.17. The van der Waals surface area contributed by atoms with Crippen LogP contribution in [0.15, 0.2) is 48.5 Å². The van der Waals surface area contributed by atoms with Crippen LogP contribution in [0.5, 0.6) is 11.5 Å². The normalized spacial score (nSPS) is 11.4. The van der Waals surface area contributed by atoms with Gasteiger partial charge in [0.05, 0.1) is 13.2 Å². The number of halogens is 1. The van der Waals surface area contributed by atoms with Crippen molar-refractivity contribution in [1.29, 1.82) is 0 Å². The molecule has 0 unspecified atom stereocenters. The van der Waals surface area contributed by atoms with Gasteiger partial charge < -0.3 is 20.1 Å². The highest BCUT2D eigenvalue weighted by Gasteiger charge is 2.06. The maximum atomic E-state index is 5.94. The quantitative estimate of drug-likeness (QED) is 0.768. The minimum atomic E-state index is 0.0521. The molecule has 2 aromatic carbocycles. The predicted octanol–water partition coefficient (Wildman–Crippen LogP) is 4.10. The number of thiocarbonyl (C=S) groups is 1. The Morgan fingerprint density at radius 2 is 1.87 bits per heavy atom. The van der Waals surface area contributed by atoms with Gasteiger partial charge in [0, 0.05) is 10.7 Å². The first-order valence-electron chi connectivity index (χ1n) is 7.17. The van der Waals surface area contributed by atoms with Crippen molar-refractivity contribution < 1.29 is 9.47 Å². The molecule has 0 aliphatic carbocycles. The molecule has 0 aromatic heterocycles. The van der Waals surface area contributed by atoms with Crippen LogP contribution in [-0.4, -0.2) is 24.9 Å². The summed E-state index contributed by atoms with van der Waals surface area (Å²) in [7, 11) is 1.63. The Labute approximate surface area is 146 Å². The SMILES string of the molecule is COc1ccc(OC[C@@H](C)NC(=S)Nc2cccc(Cl)c2)cc1. The van der Waals surface area contributed by atoms with Crippen molar-refractivity contribution in [1.82, 2.24) is 5.32 Å². The molecule has 4 nitrogen and oxygen atoms in total. The Hall–Kier alpha value is -1.98. The molecule has 1 atom stereocenters. The van der Waals surface area contributed by atoms with Crippen LogP contribution in [0.2, 0.25) is 5.02 Å². The van der Waals surface area contributed by atoms with E-state index in [0.717, 1.165) is 17.2 Å². The second kappa shape index (κ2) is 8.60. The average Bonchev–Trinajstić information content (AvgIpc) is 2.53. The summed E-state index contributed by atoms with van der Waals surface area (Å²) < 4.78 is 10.8. The van der Waals surface area contributed by atoms with E-state index in [2.05, 4.69) is 10.6 Å². The van der Waals surface area contributed by atoms with E-state index in [1.807, 2.05) is 55.5 Å². The fourth-order valence-electron chi connectivity index (χ4n) is 1.89. The van der Waals surface area contributed by atoms with Crippen molar-refractivity contribution in [3.63, 3.8) is 0 Å². The summed E-state index contributed by atoms with van der Waals surface area (Å²) in [6, 6.07) is 14.9. The van der Waals surface area contributed by atoms with E-state index in [1.54, 1.807) is 7.11 Å². The van der Waals surface area contributed by atoms with Gasteiger partial charge in [0.15, 0.2) is 5.11 Å². The summed E-state index contributed by atoms with van der Waals surface area (Å²) in [4.78, 5) is 0. The molecule has 0 amide bonds. The summed E-state index contributed by atoms with van der Waals surface area (Å²) in [5.41, 5.74) is 0.846. The van der Waals surface area contributed by atoms with Gasteiger partial charge in [0.2, 0.25) is 0 Å². The lowest BCUT2D eigenvalue weighted by molar-refractivity contribution is 0.286. The van der Waals surface area contributed by atoms with Crippen LogP contribution in [-0.2, 0) is 0 Å². The third-order valence-electron chi connectivity index (χ3n) is 3.02. The zero-order valence-electron chi connectivity index (χ0n) is 13.0. The van der Waals surface area contributed by atoms with Crippen LogP contribution < -0.4 is 20.1 Å². The second-order valence-corrected chi connectivity index (χ2v) is 5.84. The van der Waals surface area contributed by atoms with E-state index < -0.39 is 0 Å². The average molecular weight is 351 g/mol. The zero-order chi connectivity index (χ0) is 16.7. The van der Waals surface area contributed by atoms with E-state index in [0.29, 0.717) is 16.7 Å². The molecule has 0 bridgehead atoms. The first kappa shape index (κ1) is 17.4. The van der Waals surface area contributed by atoms with Crippen LogP contribution in [0.4, 0.5) is 5.69 Å². The van der Waals surface area contributed by atoms with Gasteiger partial charge in [-0.1, -0.05) is 17.7 Å². The number of rotatable bonds is 6. The third kappa shape index (κ3) is 5.96. The van der Waals surface area contributed by atoms with Crippen molar-refractivity contribution in [2.24, 2.45) is 0 Å². The number of hydrogen-bond donors (Lipinski definition) is 2. The molecule has 2 aromatic rings. The summed E-state index contributed by atoms with van der Waals surface area (Å²) in [5.74, 6) is 1.59. The third-order valence-corrected chi connectivity index (χ3v) is 3.47. The molecule has 0 radical (unpaired) electrons. The maximum absolute atomic E-state index is 5.94. The van der Waals surface area contributed by atoms with E-state index in [1.165, 1.54) is 0 Å². The van der Waals surface area contributed by atoms with Crippen molar-refractivity contribution in [3.05, 3.63) is 53.6 Å². The summed E-state index contributed by atoms with van der Waals surface area (Å²) in [6.45, 7) is 2.49. The molecule has 2 N–H and O–H groups in total. The van der Waals surface area contributed by atoms with Gasteiger partial charge in [-0.2, -0.15) is 0 Å². The number of ether oxygens (including phenoxy) is 2. The van der Waals surface area contributed by atoms with E-state index >= 15 is 0 Å². The van der Waals surface area contributed by atoms with E-state index in [-0.39, 0.29) is 6.04 Å². The Bertz CT molecular complexity index is 649. The van der Waals surface area contributed by atoms with Crippen LogP contribution in [0.1, 0.15) is 6.92 Å². The lowest BCUT2D eigenvalue weighted by Crippen LogP contribution is -2.39. The topological polar surface area (TPSA) is 42.5 Å². The summed E-state index contributed by atoms with van der Waals surface area (Å²) in [6.07, 6.45) is 0. The summed E-state index contributed by atoms with van der Waals surface area (Å²) >= 11 is 11.2. The van der Waals surface area contributed by atoms with Crippen molar-refractivity contribution in [2.45, 2.75) is 13.0 Å². The monoisotopic (exact) mass is 350 g/mol. The highest BCUT2D eigenvalue weighted by molar-refractivity contribution is 7.80. The van der Waals surface area contributed by atoms with Crippen molar-refractivity contribution >= 4 is 34.6 Å². The summed E-state index contributed by atoms with van der Waals surface area (Å²) in [5, 5.41) is 7.45. The molecule has 23 heavy (non-hydrogen) atoms. The van der Waals surface area contributed by atoms with E-state index in [4.69, 9.17) is 33.3 Å². The molecule has 6 heteroatoms. The first-order valence-corrected chi connectivity index (χ1v) is 7.95. The number of methoxy groups -OCH3 is 1. The fraction of sp³-hybridized carbons (Fsp3) is 0.235. The molecule has 0 saturated heterocycles. The van der Waals surface area contributed by atoms with Crippen molar-refractivity contribution in [3.8, 4) is 11.5 Å². The van der Waals surface area contributed by atoms with Gasteiger partial charge in [-0.3, -0.25) is 0 Å². The van der Waals surface area contributed by atoms with Gasteiger partial charge >= 0.3 is 0 Å². The van der Waals surface area contributed by atoms with Gasteiger partial charge in [0.1, 0.15) is 18.1 Å². The number of benzene rings is 2. The van der Waals surface area contributed by atoms with Gasteiger partial charge in [-0.05, 0) is 61.6 Å². The standard InChI is InChI=1S/C17H19ClN2O2S/c1-12(11-22-16-8-6-15(21-2)7-9-16)19-17(23)20-14-5-3-4-13(18)10-14/h3-10,12H,11H2,1-2H3,(H2,19,20,23)/t12-/m1/s1. The molecule has 0 heterocycles. The van der Waals surface area contributed by atoms with Crippen molar-refractivity contribution in [2.75, 3.05) is 19.0 Å². The lowest BCUT2D eigenvalue weighted by atomic mass is 10.3. The maximum Gasteiger partial charge on any atom is 0.171 e. The number of anilines is 1. The minimum absolute atomic E-state index is 0.0521. The predicted molar refractivity (Wildman–Crippen MR) is 98.8 cm³/mol. The minimum Gasteiger partial charge on any atom is -0.497 e. The molecule has 0 fully saturated rings. The zero-order valence-corrected chi connectivity index (χ0v) is 14.6. The largest absolute Gasteiger partial charge is 0.497 e. The Morgan fingerprint density at radius 1 is 1.17 bits per heavy atom. The Balaban J connectivity index is 1.77. The van der Waals surface area contributed by atoms with Gasteiger partial charge in [-0.25, -0.2) is 0 Å². The molecule has 0 spiro atoms. The molecular weight excluding hydrogens is 332 g/mol. The molecule has 0 saturated carbocycles. The number of nitrogens with one attached hydrogen (secondary N) is 2. The van der Waals surface area contributed by atoms with Crippen LogP contribution in [0.3, 0.4) is 0 Å². The Morgan fingerprint density at radius 3 is 2.52 bits per heavy atom. The molecule has 2 rings (SSSR count). The molecule has 0 aliphatic rings. The second-order valence-electron chi connectivity index (χ2n) is 5.00. The Kier molecular flexibility index (Phi) is 6.50. The fourth-order valence-corrected chi connectivity index (χ4v) is 2.40.